The second-order valence-corrected chi connectivity index (χ2v) is 11.1. The van der Waals surface area contributed by atoms with E-state index in [2.05, 4.69) is 104 Å². The monoisotopic (exact) mass is 470 g/mol. The molecule has 1 amide bonds. The summed E-state index contributed by atoms with van der Waals surface area (Å²) in [6.07, 6.45) is 3.11. The quantitative estimate of drug-likeness (QED) is 0.417. The van der Waals surface area contributed by atoms with E-state index in [4.69, 9.17) is 0 Å². The lowest BCUT2D eigenvalue weighted by Gasteiger charge is -2.50. The molecule has 0 bridgehead atoms. The third kappa shape index (κ3) is 3.92. The van der Waals surface area contributed by atoms with E-state index < -0.39 is 0 Å². The lowest BCUT2D eigenvalue weighted by atomic mass is 9.64. The van der Waals surface area contributed by atoms with Crippen molar-refractivity contribution in [1.29, 1.82) is 0 Å². The largest absolute Gasteiger partial charge is 0.371 e. The van der Waals surface area contributed by atoms with Gasteiger partial charge in [0.05, 0.1) is 0 Å². The Labute approximate surface area is 208 Å². The van der Waals surface area contributed by atoms with Crippen molar-refractivity contribution in [2.24, 2.45) is 0 Å². The summed E-state index contributed by atoms with van der Waals surface area (Å²) in [5.74, 6) is 0.834. The van der Waals surface area contributed by atoms with Gasteiger partial charge in [-0.1, -0.05) is 93.2 Å². The normalized spacial score (nSPS) is 23.3. The zero-order chi connectivity index (χ0) is 23.8. The van der Waals surface area contributed by atoms with Crippen LogP contribution in [0.4, 0.5) is 16.2 Å². The van der Waals surface area contributed by atoms with Gasteiger partial charge in [-0.25, -0.2) is 0 Å². The highest BCUT2D eigenvalue weighted by molar-refractivity contribution is 8.13. The molecule has 1 N–H and O–H groups in total. The van der Waals surface area contributed by atoms with Crippen LogP contribution >= 0.6 is 11.8 Å². The molecular weight excluding hydrogens is 436 g/mol. The smallest absolute Gasteiger partial charge is 0.283 e. The predicted molar refractivity (Wildman–Crippen MR) is 145 cm³/mol. The molecule has 0 saturated heterocycles. The lowest BCUT2D eigenvalue weighted by molar-refractivity contribution is 0.269. The highest BCUT2D eigenvalue weighted by atomic mass is 32.2. The number of carbonyl (C=O) groups excluding carboxylic acids is 1. The van der Waals surface area contributed by atoms with Crippen LogP contribution in [0.3, 0.4) is 0 Å². The first kappa shape index (κ1) is 23.0. The highest BCUT2D eigenvalue weighted by Crippen LogP contribution is 2.54. The molecule has 3 aromatic carbocycles. The van der Waals surface area contributed by atoms with Crippen molar-refractivity contribution in [3.05, 3.63) is 95.1 Å². The van der Waals surface area contributed by atoms with E-state index in [1.807, 2.05) is 0 Å². The van der Waals surface area contributed by atoms with E-state index in [1.54, 1.807) is 0 Å². The number of anilines is 2. The fraction of sp³-hybridized carbons (Fsp3) is 0.367. The summed E-state index contributed by atoms with van der Waals surface area (Å²) in [6, 6.07) is 26.2. The highest BCUT2D eigenvalue weighted by Gasteiger charge is 2.45. The summed E-state index contributed by atoms with van der Waals surface area (Å²) in [6.45, 7) is 8.96. The van der Waals surface area contributed by atoms with Gasteiger partial charge in [-0.2, -0.15) is 0 Å². The number of carbonyl (C=O) groups is 1. The number of benzene rings is 3. The first-order chi connectivity index (χ1) is 16.5. The molecule has 2 aliphatic rings. The van der Waals surface area contributed by atoms with Crippen molar-refractivity contribution < 1.29 is 4.79 Å². The Morgan fingerprint density at radius 3 is 1.85 bits per heavy atom. The number of thioether (sulfide) groups is 1. The van der Waals surface area contributed by atoms with Gasteiger partial charge in [0.25, 0.3) is 5.24 Å². The molecule has 0 aliphatic carbocycles. The number of nitrogens with zero attached hydrogens (tertiary/aromatic N) is 1. The van der Waals surface area contributed by atoms with E-state index in [1.165, 1.54) is 39.7 Å². The molecule has 0 saturated carbocycles. The van der Waals surface area contributed by atoms with Crippen molar-refractivity contribution in [3.8, 4) is 0 Å². The first-order valence-electron chi connectivity index (χ1n) is 12.4. The maximum absolute atomic E-state index is 12.7. The summed E-state index contributed by atoms with van der Waals surface area (Å²) in [5.41, 5.74) is 7.42. The van der Waals surface area contributed by atoms with Crippen LogP contribution in [0, 0.1) is 0 Å². The SMILES string of the molecule is CCCSC(=O)Nc1cc2c3c(c1)[C@](C)(c1ccccc1)CCN3CCC2(C)c1ccccc1. The topological polar surface area (TPSA) is 32.3 Å². The van der Waals surface area contributed by atoms with Gasteiger partial charge in [0.2, 0.25) is 0 Å². The van der Waals surface area contributed by atoms with E-state index in [0.29, 0.717) is 0 Å². The number of hydrogen-bond acceptors (Lipinski definition) is 3. The second kappa shape index (κ2) is 9.14. The molecule has 0 aromatic heterocycles. The summed E-state index contributed by atoms with van der Waals surface area (Å²) in [5, 5.41) is 3.25. The molecule has 0 spiro atoms. The third-order valence-corrected chi connectivity index (χ3v) is 8.86. The number of amides is 1. The molecule has 5 rings (SSSR count). The average Bonchev–Trinajstić information content (AvgIpc) is 2.87. The van der Waals surface area contributed by atoms with Crippen LogP contribution in [0.2, 0.25) is 0 Å². The first-order valence-corrected chi connectivity index (χ1v) is 13.4. The minimum Gasteiger partial charge on any atom is -0.371 e. The van der Waals surface area contributed by atoms with Crippen LogP contribution in [0.1, 0.15) is 62.3 Å². The maximum atomic E-state index is 12.7. The van der Waals surface area contributed by atoms with Gasteiger partial charge in [-0.15, -0.1) is 0 Å². The molecular formula is C30H34N2OS. The molecule has 1 unspecified atom stereocenters. The minimum atomic E-state index is -0.103. The van der Waals surface area contributed by atoms with Gasteiger partial charge in [0.15, 0.2) is 0 Å². The molecule has 0 radical (unpaired) electrons. The Hall–Kier alpha value is -2.72. The molecule has 3 aromatic rings. The van der Waals surface area contributed by atoms with Crippen LogP contribution in [0.15, 0.2) is 72.8 Å². The standard InChI is InChI=1S/C30H34N2OS/c1-4-19-34-28(33)31-24-20-25-27-26(21-24)30(3,23-13-9-6-10-14-23)16-18-32(27)17-15-29(25,2)22-11-7-5-8-12-22/h5-14,20-21H,4,15-19H2,1-3H3,(H,31,33)/t29-,30?/m0/s1. The fourth-order valence-corrected chi connectivity index (χ4v) is 6.35. The molecule has 34 heavy (non-hydrogen) atoms. The van der Waals surface area contributed by atoms with Crippen molar-refractivity contribution >= 4 is 28.4 Å². The molecule has 2 heterocycles. The third-order valence-electron chi connectivity index (χ3n) is 7.88. The number of rotatable bonds is 5. The van der Waals surface area contributed by atoms with Crippen LogP contribution in [0.25, 0.3) is 0 Å². The van der Waals surface area contributed by atoms with Crippen LogP contribution in [-0.2, 0) is 10.8 Å². The van der Waals surface area contributed by atoms with E-state index in [9.17, 15) is 4.79 Å². The molecule has 176 valence electrons. The molecule has 4 heteroatoms. The van der Waals surface area contributed by atoms with E-state index >= 15 is 0 Å². The van der Waals surface area contributed by atoms with Crippen molar-refractivity contribution in [1.82, 2.24) is 0 Å². The minimum absolute atomic E-state index is 0.0281. The van der Waals surface area contributed by atoms with E-state index in [-0.39, 0.29) is 16.1 Å². The summed E-state index contributed by atoms with van der Waals surface area (Å²) in [4.78, 5) is 15.3. The van der Waals surface area contributed by atoms with Gasteiger partial charge in [0, 0.05) is 41.0 Å². The van der Waals surface area contributed by atoms with Crippen LogP contribution < -0.4 is 10.2 Å². The van der Waals surface area contributed by atoms with Crippen molar-refractivity contribution in [3.63, 3.8) is 0 Å². The summed E-state index contributed by atoms with van der Waals surface area (Å²) in [7, 11) is 0. The van der Waals surface area contributed by atoms with Gasteiger partial charge in [-0.05, 0) is 53.6 Å². The Morgan fingerprint density at radius 2 is 1.38 bits per heavy atom. The van der Waals surface area contributed by atoms with E-state index in [0.717, 1.165) is 43.8 Å². The Bertz CT molecular complexity index is 1100. The van der Waals surface area contributed by atoms with Gasteiger partial charge >= 0.3 is 0 Å². The Balaban J connectivity index is 1.71. The molecule has 2 aliphatic heterocycles. The van der Waals surface area contributed by atoms with Crippen LogP contribution in [-0.4, -0.2) is 24.1 Å². The van der Waals surface area contributed by atoms with Gasteiger partial charge in [0.1, 0.15) is 0 Å². The zero-order valence-electron chi connectivity index (χ0n) is 20.4. The second-order valence-electron chi connectivity index (χ2n) is 10.1. The fourth-order valence-electron chi connectivity index (χ4n) is 5.77. The summed E-state index contributed by atoms with van der Waals surface area (Å²) >= 11 is 1.37. The summed E-state index contributed by atoms with van der Waals surface area (Å²) < 4.78 is 0. The predicted octanol–water partition coefficient (Wildman–Crippen LogP) is 7.59. The van der Waals surface area contributed by atoms with Gasteiger partial charge in [-0.3, -0.25) is 4.79 Å². The van der Waals surface area contributed by atoms with Crippen LogP contribution in [0.5, 0.6) is 0 Å². The molecule has 0 fully saturated rings. The average molecular weight is 471 g/mol. The number of nitrogens with one attached hydrogen (secondary N) is 1. The lowest BCUT2D eigenvalue weighted by Crippen LogP contribution is -2.47. The Morgan fingerprint density at radius 1 is 0.882 bits per heavy atom. The molecule has 3 nitrogen and oxygen atoms in total. The van der Waals surface area contributed by atoms with Crippen molar-refractivity contribution in [2.75, 3.05) is 29.1 Å². The maximum Gasteiger partial charge on any atom is 0.283 e. The molecule has 2 atom stereocenters. The zero-order valence-corrected chi connectivity index (χ0v) is 21.3. The van der Waals surface area contributed by atoms with Gasteiger partial charge < -0.3 is 10.2 Å². The van der Waals surface area contributed by atoms with Crippen molar-refractivity contribution in [2.45, 2.75) is 50.9 Å². The number of hydrogen-bond donors (Lipinski definition) is 1. The Kier molecular flexibility index (Phi) is 6.20.